The summed E-state index contributed by atoms with van der Waals surface area (Å²) in [6.07, 6.45) is 0. The smallest absolute Gasteiger partial charge is 0.200 e. The maximum atomic E-state index is 13.5. The Balaban J connectivity index is 1.47. The molecular weight excluding hydrogens is 482 g/mol. The molecule has 3 heterocycles. The van der Waals surface area contributed by atoms with Crippen LogP contribution in [0, 0.1) is 0 Å². The van der Waals surface area contributed by atoms with Crippen molar-refractivity contribution in [2.75, 3.05) is 0 Å². The van der Waals surface area contributed by atoms with Gasteiger partial charge < -0.3 is 13.4 Å². The van der Waals surface area contributed by atoms with Crippen LogP contribution in [0.2, 0.25) is 0 Å². The van der Waals surface area contributed by atoms with E-state index in [9.17, 15) is 4.79 Å². The number of aromatic nitrogens is 1. The Bertz CT molecular complexity index is 2340. The molecule has 0 bridgehead atoms. The van der Waals surface area contributed by atoms with E-state index in [1.807, 2.05) is 54.6 Å². The molecule has 0 aliphatic heterocycles. The standard InChI is InChI=1S/C35H25NO3/c1-35(2,3)27-12-8-11-24-33(37)23-16-15-20(17-31(23)39-34(24)27)36-28-13-6-4-9-21(28)25-18-26-22-10-5-7-14-30(22)38-32(26)19-29(25)36/h4-19H,1-3H3. The van der Waals surface area contributed by atoms with Crippen molar-refractivity contribution in [1.29, 1.82) is 0 Å². The van der Waals surface area contributed by atoms with Crippen LogP contribution in [0.5, 0.6) is 0 Å². The maximum absolute atomic E-state index is 13.5. The van der Waals surface area contributed by atoms with Crippen LogP contribution in [0.25, 0.3) is 71.4 Å². The SMILES string of the molecule is CC(C)(C)c1cccc2c(=O)c3ccc(-n4c5ccccc5c5cc6c(cc54)oc4ccccc46)cc3oc12. The number of hydrogen-bond acceptors (Lipinski definition) is 3. The molecule has 0 unspecified atom stereocenters. The van der Waals surface area contributed by atoms with Crippen LogP contribution in [0.1, 0.15) is 26.3 Å². The minimum Gasteiger partial charge on any atom is -0.456 e. The van der Waals surface area contributed by atoms with Crippen LogP contribution in [-0.4, -0.2) is 4.57 Å². The van der Waals surface area contributed by atoms with Gasteiger partial charge in [0.15, 0.2) is 0 Å². The fraction of sp³-hybridized carbons (Fsp3) is 0.114. The lowest BCUT2D eigenvalue weighted by atomic mass is 9.86. The van der Waals surface area contributed by atoms with E-state index < -0.39 is 0 Å². The van der Waals surface area contributed by atoms with Crippen molar-refractivity contribution < 1.29 is 8.83 Å². The van der Waals surface area contributed by atoms with Crippen LogP contribution < -0.4 is 5.43 Å². The summed E-state index contributed by atoms with van der Waals surface area (Å²) < 4.78 is 15.0. The molecule has 0 fully saturated rings. The third kappa shape index (κ3) is 3.09. The Kier molecular flexibility index (Phi) is 4.33. The maximum Gasteiger partial charge on any atom is 0.200 e. The molecule has 8 rings (SSSR count). The van der Waals surface area contributed by atoms with Gasteiger partial charge in [-0.15, -0.1) is 0 Å². The van der Waals surface area contributed by atoms with Gasteiger partial charge in [0.05, 0.1) is 21.8 Å². The first-order valence-electron chi connectivity index (χ1n) is 13.2. The van der Waals surface area contributed by atoms with Crippen molar-refractivity contribution in [3.8, 4) is 5.69 Å². The first-order valence-corrected chi connectivity index (χ1v) is 13.2. The van der Waals surface area contributed by atoms with E-state index in [4.69, 9.17) is 8.83 Å². The van der Waals surface area contributed by atoms with Gasteiger partial charge in [-0.25, -0.2) is 0 Å². The zero-order valence-electron chi connectivity index (χ0n) is 21.9. The van der Waals surface area contributed by atoms with E-state index in [-0.39, 0.29) is 10.8 Å². The molecule has 0 aliphatic rings. The molecule has 0 atom stereocenters. The molecule has 0 N–H and O–H groups in total. The van der Waals surface area contributed by atoms with Crippen LogP contribution in [0.15, 0.2) is 111 Å². The van der Waals surface area contributed by atoms with Gasteiger partial charge in [-0.2, -0.15) is 0 Å². The molecule has 0 aliphatic carbocycles. The zero-order valence-corrected chi connectivity index (χ0v) is 21.9. The third-order valence-corrected chi connectivity index (χ3v) is 7.92. The normalized spacial score (nSPS) is 12.6. The molecule has 39 heavy (non-hydrogen) atoms. The summed E-state index contributed by atoms with van der Waals surface area (Å²) in [5, 5.41) is 5.73. The second-order valence-electron chi connectivity index (χ2n) is 11.4. The Labute approximate surface area is 223 Å². The number of rotatable bonds is 1. The van der Waals surface area contributed by atoms with Gasteiger partial charge in [0.1, 0.15) is 22.3 Å². The molecule has 4 nitrogen and oxygen atoms in total. The van der Waals surface area contributed by atoms with Gasteiger partial charge in [-0.05, 0) is 41.8 Å². The fourth-order valence-electron chi connectivity index (χ4n) is 6.06. The Morgan fingerprint density at radius 1 is 0.564 bits per heavy atom. The minimum absolute atomic E-state index is 0.00453. The first-order chi connectivity index (χ1) is 18.9. The topological polar surface area (TPSA) is 48.3 Å². The summed E-state index contributed by atoms with van der Waals surface area (Å²) in [4.78, 5) is 13.5. The second-order valence-corrected chi connectivity index (χ2v) is 11.4. The lowest BCUT2D eigenvalue weighted by molar-refractivity contribution is 0.570. The number of hydrogen-bond donors (Lipinski definition) is 0. The molecule has 5 aromatic carbocycles. The van der Waals surface area contributed by atoms with Crippen LogP contribution in [-0.2, 0) is 5.41 Å². The second kappa shape index (κ2) is 7.61. The van der Waals surface area contributed by atoms with E-state index in [0.717, 1.165) is 55.0 Å². The predicted octanol–water partition coefficient (Wildman–Crippen LogP) is 9.24. The lowest BCUT2D eigenvalue weighted by Crippen LogP contribution is -2.13. The summed E-state index contributed by atoms with van der Waals surface area (Å²) in [6.45, 7) is 6.41. The van der Waals surface area contributed by atoms with Crippen molar-refractivity contribution >= 4 is 65.7 Å². The van der Waals surface area contributed by atoms with Crippen molar-refractivity contribution in [3.05, 3.63) is 113 Å². The number of benzene rings is 5. The van der Waals surface area contributed by atoms with E-state index in [0.29, 0.717) is 21.9 Å². The largest absolute Gasteiger partial charge is 0.456 e. The van der Waals surface area contributed by atoms with Gasteiger partial charge in [0, 0.05) is 44.9 Å². The number of para-hydroxylation sites is 3. The molecule has 0 radical (unpaired) electrons. The van der Waals surface area contributed by atoms with Gasteiger partial charge in [0.2, 0.25) is 5.43 Å². The van der Waals surface area contributed by atoms with E-state index in [1.54, 1.807) is 0 Å². The number of nitrogens with zero attached hydrogens (tertiary/aromatic N) is 1. The Morgan fingerprint density at radius 3 is 2.15 bits per heavy atom. The fourth-order valence-corrected chi connectivity index (χ4v) is 6.06. The average Bonchev–Trinajstić information content (AvgIpc) is 3.45. The van der Waals surface area contributed by atoms with Crippen molar-refractivity contribution in [2.24, 2.45) is 0 Å². The van der Waals surface area contributed by atoms with E-state index in [2.05, 4.69) is 67.8 Å². The number of furan rings is 1. The zero-order chi connectivity index (χ0) is 26.5. The molecular formula is C35H25NO3. The monoisotopic (exact) mass is 507 g/mol. The summed E-state index contributed by atoms with van der Waals surface area (Å²) in [5.41, 5.74) is 6.88. The minimum atomic E-state index is -0.161. The molecule has 0 saturated carbocycles. The highest BCUT2D eigenvalue weighted by Crippen LogP contribution is 2.39. The predicted molar refractivity (Wildman–Crippen MR) is 160 cm³/mol. The Hall–Kier alpha value is -4.83. The molecule has 0 amide bonds. The third-order valence-electron chi connectivity index (χ3n) is 7.92. The van der Waals surface area contributed by atoms with Crippen molar-refractivity contribution in [1.82, 2.24) is 4.57 Å². The molecule has 8 aromatic rings. The summed E-state index contributed by atoms with van der Waals surface area (Å²) in [5.74, 6) is 0. The highest BCUT2D eigenvalue weighted by atomic mass is 16.3. The molecule has 188 valence electrons. The van der Waals surface area contributed by atoms with Crippen LogP contribution >= 0.6 is 0 Å². The van der Waals surface area contributed by atoms with Gasteiger partial charge >= 0.3 is 0 Å². The summed E-state index contributed by atoms with van der Waals surface area (Å²) in [6, 6.07) is 32.7. The molecule has 3 aromatic heterocycles. The highest BCUT2D eigenvalue weighted by molar-refractivity contribution is 6.17. The van der Waals surface area contributed by atoms with Crippen LogP contribution in [0.3, 0.4) is 0 Å². The van der Waals surface area contributed by atoms with E-state index in [1.165, 1.54) is 0 Å². The van der Waals surface area contributed by atoms with Gasteiger partial charge in [-0.1, -0.05) is 69.3 Å². The van der Waals surface area contributed by atoms with Crippen LogP contribution in [0.4, 0.5) is 0 Å². The quantitative estimate of drug-likeness (QED) is 0.208. The van der Waals surface area contributed by atoms with Crippen molar-refractivity contribution in [2.45, 2.75) is 26.2 Å². The van der Waals surface area contributed by atoms with E-state index >= 15 is 0 Å². The highest BCUT2D eigenvalue weighted by Gasteiger charge is 2.21. The first kappa shape index (κ1) is 22.2. The van der Waals surface area contributed by atoms with Gasteiger partial charge in [0.25, 0.3) is 0 Å². The number of fused-ring (bicyclic) bond motifs is 8. The average molecular weight is 508 g/mol. The van der Waals surface area contributed by atoms with Gasteiger partial charge in [-0.3, -0.25) is 4.79 Å². The van der Waals surface area contributed by atoms with Crippen molar-refractivity contribution in [3.63, 3.8) is 0 Å². The molecule has 0 saturated heterocycles. The lowest BCUT2D eigenvalue weighted by Gasteiger charge is -2.20. The summed E-state index contributed by atoms with van der Waals surface area (Å²) in [7, 11) is 0. The molecule has 0 spiro atoms. The molecule has 4 heteroatoms. The summed E-state index contributed by atoms with van der Waals surface area (Å²) >= 11 is 0. The Morgan fingerprint density at radius 2 is 1.31 bits per heavy atom.